The summed E-state index contributed by atoms with van der Waals surface area (Å²) in [5.41, 5.74) is 1.85. The van der Waals surface area contributed by atoms with Crippen molar-refractivity contribution in [3.8, 4) is 6.07 Å². The topological polar surface area (TPSA) is 39.1 Å². The molecule has 1 aromatic carbocycles. The number of benzene rings is 1. The van der Waals surface area contributed by atoms with Gasteiger partial charge in [-0.1, -0.05) is 22.9 Å². The van der Waals surface area contributed by atoms with Crippen LogP contribution in [0.25, 0.3) is 0 Å². The number of anilines is 1. The van der Waals surface area contributed by atoms with E-state index in [9.17, 15) is 0 Å². The van der Waals surface area contributed by atoms with Crippen molar-refractivity contribution >= 4 is 21.6 Å². The highest BCUT2D eigenvalue weighted by Crippen LogP contribution is 2.24. The maximum absolute atomic E-state index is 9.08. The number of hydrogen-bond donors (Lipinski definition) is 1. The van der Waals surface area contributed by atoms with Crippen molar-refractivity contribution in [3.05, 3.63) is 28.2 Å². The van der Waals surface area contributed by atoms with Crippen molar-refractivity contribution in [2.45, 2.75) is 32.2 Å². The number of nitrogens with zero attached hydrogens (tertiary/aromatic N) is 2. The quantitative estimate of drug-likeness (QED) is 0.904. The smallest absolute Gasteiger partial charge is 0.0992 e. The molecule has 3 nitrogen and oxygen atoms in total. The van der Waals surface area contributed by atoms with E-state index in [4.69, 9.17) is 5.26 Å². The molecule has 1 N–H and O–H groups in total. The van der Waals surface area contributed by atoms with Gasteiger partial charge in [-0.2, -0.15) is 5.26 Å². The van der Waals surface area contributed by atoms with E-state index in [1.807, 2.05) is 12.1 Å². The number of hydrogen-bond acceptors (Lipinski definition) is 3. The highest BCUT2D eigenvalue weighted by molar-refractivity contribution is 9.10. The van der Waals surface area contributed by atoms with Crippen molar-refractivity contribution in [1.29, 1.82) is 5.26 Å². The molecule has 102 valence electrons. The van der Waals surface area contributed by atoms with E-state index in [-0.39, 0.29) is 0 Å². The van der Waals surface area contributed by atoms with Crippen molar-refractivity contribution in [3.63, 3.8) is 0 Å². The molecule has 1 fully saturated rings. The molecule has 1 aromatic rings. The third-order valence-electron chi connectivity index (χ3n) is 3.47. The zero-order valence-electron chi connectivity index (χ0n) is 11.3. The maximum Gasteiger partial charge on any atom is 0.0992 e. The Balaban J connectivity index is 2.17. The lowest BCUT2D eigenvalue weighted by Crippen LogP contribution is -2.38. The second-order valence-corrected chi connectivity index (χ2v) is 5.96. The van der Waals surface area contributed by atoms with Crippen LogP contribution in [0.5, 0.6) is 0 Å². The van der Waals surface area contributed by atoms with Crippen LogP contribution >= 0.6 is 15.9 Å². The lowest BCUT2D eigenvalue weighted by Gasteiger charge is -2.28. The summed E-state index contributed by atoms with van der Waals surface area (Å²) in [6.07, 6.45) is 3.63. The molecule has 1 heterocycles. The number of halogens is 1. The van der Waals surface area contributed by atoms with E-state index >= 15 is 0 Å². The molecule has 1 unspecified atom stereocenters. The fraction of sp³-hybridized carbons (Fsp3) is 0.533. The van der Waals surface area contributed by atoms with Crippen LogP contribution < -0.4 is 10.2 Å². The molecule has 0 spiro atoms. The van der Waals surface area contributed by atoms with Crippen molar-refractivity contribution < 1.29 is 0 Å². The molecule has 0 amide bonds. The van der Waals surface area contributed by atoms with Gasteiger partial charge >= 0.3 is 0 Å². The Hall–Kier alpha value is -1.05. The summed E-state index contributed by atoms with van der Waals surface area (Å²) in [7, 11) is 0. The van der Waals surface area contributed by atoms with Crippen molar-refractivity contribution in [1.82, 2.24) is 5.32 Å². The second kappa shape index (κ2) is 6.93. The molecule has 1 atom stereocenters. The minimum absolute atomic E-state index is 0.580. The van der Waals surface area contributed by atoms with Gasteiger partial charge in [0.1, 0.15) is 0 Å². The predicted octanol–water partition coefficient (Wildman–Crippen LogP) is 3.29. The SMILES string of the molecule is CCCN(CC1CCCN1)c1cc(Br)cc(C#N)c1. The Morgan fingerprint density at radius 3 is 2.95 bits per heavy atom. The molecule has 19 heavy (non-hydrogen) atoms. The Morgan fingerprint density at radius 1 is 1.47 bits per heavy atom. The first-order valence-corrected chi connectivity index (χ1v) is 7.71. The molecular formula is C15H20BrN3. The fourth-order valence-corrected chi connectivity index (χ4v) is 3.08. The van der Waals surface area contributed by atoms with Gasteiger partial charge in [-0.15, -0.1) is 0 Å². The van der Waals surface area contributed by atoms with E-state index in [2.05, 4.69) is 45.2 Å². The Kier molecular flexibility index (Phi) is 5.24. The fourth-order valence-electron chi connectivity index (χ4n) is 2.60. The number of rotatable bonds is 5. The Bertz CT molecular complexity index is 461. The van der Waals surface area contributed by atoms with E-state index in [0.717, 1.165) is 36.2 Å². The van der Waals surface area contributed by atoms with Crippen LogP contribution in [-0.2, 0) is 0 Å². The Morgan fingerprint density at radius 2 is 2.32 bits per heavy atom. The van der Waals surface area contributed by atoms with Gasteiger partial charge in [0, 0.05) is 29.3 Å². The van der Waals surface area contributed by atoms with Gasteiger partial charge in [0.05, 0.1) is 11.6 Å². The summed E-state index contributed by atoms with van der Waals surface area (Å²) in [4.78, 5) is 2.38. The summed E-state index contributed by atoms with van der Waals surface area (Å²) in [5.74, 6) is 0. The van der Waals surface area contributed by atoms with E-state index in [1.54, 1.807) is 0 Å². The van der Waals surface area contributed by atoms with Crippen LogP contribution in [0.1, 0.15) is 31.7 Å². The molecule has 1 aliphatic rings. The molecule has 0 radical (unpaired) electrons. The first-order chi connectivity index (χ1) is 9.22. The minimum atomic E-state index is 0.580. The first-order valence-electron chi connectivity index (χ1n) is 6.92. The van der Waals surface area contributed by atoms with Gasteiger partial charge in [0.25, 0.3) is 0 Å². The van der Waals surface area contributed by atoms with Crippen molar-refractivity contribution in [2.24, 2.45) is 0 Å². The normalized spacial score (nSPS) is 18.3. The van der Waals surface area contributed by atoms with Crippen LogP contribution in [0.2, 0.25) is 0 Å². The molecular weight excluding hydrogens is 302 g/mol. The number of nitriles is 1. The third-order valence-corrected chi connectivity index (χ3v) is 3.93. The number of nitrogens with one attached hydrogen (secondary N) is 1. The largest absolute Gasteiger partial charge is 0.370 e. The summed E-state index contributed by atoms with van der Waals surface area (Å²) in [6, 6.07) is 8.75. The van der Waals surface area contributed by atoms with Crippen molar-refractivity contribution in [2.75, 3.05) is 24.5 Å². The van der Waals surface area contributed by atoms with E-state index in [1.165, 1.54) is 12.8 Å². The summed E-state index contributed by atoms with van der Waals surface area (Å²) in [5, 5.41) is 12.6. The van der Waals surface area contributed by atoms with Gasteiger partial charge in [-0.25, -0.2) is 0 Å². The maximum atomic E-state index is 9.08. The summed E-state index contributed by atoms with van der Waals surface area (Å²) < 4.78 is 0.974. The molecule has 0 saturated carbocycles. The monoisotopic (exact) mass is 321 g/mol. The van der Waals surface area contributed by atoms with Crippen LogP contribution in [-0.4, -0.2) is 25.7 Å². The van der Waals surface area contributed by atoms with Gasteiger partial charge in [0.2, 0.25) is 0 Å². The van der Waals surface area contributed by atoms with Crippen LogP contribution in [0, 0.1) is 11.3 Å². The minimum Gasteiger partial charge on any atom is -0.370 e. The van der Waals surface area contributed by atoms with Gasteiger partial charge < -0.3 is 10.2 Å². The zero-order valence-corrected chi connectivity index (χ0v) is 12.9. The lowest BCUT2D eigenvalue weighted by atomic mass is 10.1. The molecule has 0 aliphatic carbocycles. The summed E-state index contributed by atoms with van der Waals surface area (Å²) >= 11 is 3.49. The third kappa shape index (κ3) is 3.95. The average Bonchev–Trinajstić information content (AvgIpc) is 2.90. The second-order valence-electron chi connectivity index (χ2n) is 5.05. The molecule has 2 rings (SSSR count). The lowest BCUT2D eigenvalue weighted by molar-refractivity contribution is 0.578. The molecule has 4 heteroatoms. The average molecular weight is 322 g/mol. The van der Waals surface area contributed by atoms with E-state index < -0.39 is 0 Å². The molecule has 0 aromatic heterocycles. The summed E-state index contributed by atoms with van der Waals surface area (Å²) in [6.45, 7) is 5.37. The van der Waals surface area contributed by atoms with Crippen LogP contribution in [0.3, 0.4) is 0 Å². The van der Waals surface area contributed by atoms with Gasteiger partial charge in [-0.3, -0.25) is 0 Å². The molecule has 1 saturated heterocycles. The zero-order chi connectivity index (χ0) is 13.7. The van der Waals surface area contributed by atoms with Gasteiger partial charge in [0.15, 0.2) is 0 Å². The van der Waals surface area contributed by atoms with Gasteiger partial charge in [-0.05, 0) is 44.0 Å². The van der Waals surface area contributed by atoms with Crippen LogP contribution in [0.4, 0.5) is 5.69 Å². The predicted molar refractivity (Wildman–Crippen MR) is 82.4 cm³/mol. The molecule has 0 bridgehead atoms. The Labute approximate surface area is 123 Å². The highest BCUT2D eigenvalue weighted by atomic mass is 79.9. The van der Waals surface area contributed by atoms with E-state index in [0.29, 0.717) is 11.6 Å². The highest BCUT2D eigenvalue weighted by Gasteiger charge is 2.18. The first kappa shape index (κ1) is 14.4. The van der Waals surface area contributed by atoms with Crippen LogP contribution in [0.15, 0.2) is 22.7 Å². The standard InChI is InChI=1S/C15H20BrN3/c1-2-6-19(11-14-4-3-5-18-14)15-8-12(10-17)7-13(16)9-15/h7-9,14,18H,2-6,11H2,1H3. The molecule has 1 aliphatic heterocycles.